The average molecular weight is 176 g/mol. The lowest BCUT2D eigenvalue weighted by Gasteiger charge is -2.00. The Hall–Kier alpha value is -0.270. The topological polar surface area (TPSA) is 12.9 Å². The van der Waals surface area contributed by atoms with Crippen molar-refractivity contribution in [1.29, 1.82) is 0 Å². The predicted octanol–water partition coefficient (Wildman–Crippen LogP) is 3.03. The number of hydrogen-bond donors (Lipinski definition) is 0. The summed E-state index contributed by atoms with van der Waals surface area (Å²) in [5, 5.41) is 0.505. The van der Waals surface area contributed by atoms with E-state index in [1.807, 2.05) is 13.0 Å². The summed E-state index contributed by atoms with van der Waals surface area (Å²) < 4.78 is 0. The van der Waals surface area contributed by atoms with Gasteiger partial charge >= 0.3 is 0 Å². The molecule has 1 aromatic rings. The van der Waals surface area contributed by atoms with Gasteiger partial charge in [0.25, 0.3) is 0 Å². The predicted molar refractivity (Wildman–Crippen MR) is 43.5 cm³/mol. The zero-order valence-electron chi connectivity index (χ0n) is 5.51. The zero-order valence-corrected chi connectivity index (χ0v) is 7.02. The normalized spacial score (nSPS) is 13.1. The second-order valence-corrected chi connectivity index (χ2v) is 3.07. The molecule has 1 heterocycles. The van der Waals surface area contributed by atoms with Gasteiger partial charge in [-0.2, -0.15) is 0 Å². The van der Waals surface area contributed by atoms with Crippen LogP contribution < -0.4 is 0 Å². The van der Waals surface area contributed by atoms with Crippen LogP contribution >= 0.6 is 23.2 Å². The highest BCUT2D eigenvalue weighted by Gasteiger charge is 1.99. The molecule has 0 saturated carbocycles. The van der Waals surface area contributed by atoms with Gasteiger partial charge in [0.1, 0.15) is 5.15 Å². The maximum Gasteiger partial charge on any atom is 0.129 e. The van der Waals surface area contributed by atoms with Crippen molar-refractivity contribution in [2.45, 2.75) is 12.3 Å². The van der Waals surface area contributed by atoms with E-state index in [1.54, 1.807) is 12.3 Å². The lowest BCUT2D eigenvalue weighted by atomic mass is 10.2. The second-order valence-electron chi connectivity index (χ2n) is 2.03. The average Bonchev–Trinajstić information content (AvgIpc) is 1.88. The fourth-order valence-electron chi connectivity index (χ4n) is 0.623. The van der Waals surface area contributed by atoms with E-state index < -0.39 is 0 Å². The Morgan fingerprint density at radius 2 is 2.20 bits per heavy atom. The molecule has 0 aliphatic rings. The maximum absolute atomic E-state index is 5.77. The van der Waals surface area contributed by atoms with E-state index in [4.69, 9.17) is 23.2 Å². The number of hydrogen-bond acceptors (Lipinski definition) is 1. The molecule has 0 aromatic carbocycles. The van der Waals surface area contributed by atoms with Gasteiger partial charge in [0, 0.05) is 6.20 Å². The van der Waals surface area contributed by atoms with E-state index in [9.17, 15) is 0 Å². The van der Waals surface area contributed by atoms with E-state index in [-0.39, 0.29) is 5.38 Å². The van der Waals surface area contributed by atoms with Gasteiger partial charge in [-0.25, -0.2) is 4.98 Å². The van der Waals surface area contributed by atoms with E-state index in [1.165, 1.54) is 0 Å². The van der Waals surface area contributed by atoms with Crippen LogP contribution in [0, 0.1) is 0 Å². The molecular weight excluding hydrogens is 169 g/mol. The largest absolute Gasteiger partial charge is 0.244 e. The SMILES string of the molecule is C[C@@H](Cl)c1ccc(Cl)nc1. The molecule has 0 fully saturated rings. The first-order chi connectivity index (χ1) is 4.70. The molecule has 3 heteroatoms. The highest BCUT2D eigenvalue weighted by molar-refractivity contribution is 6.29. The third-order valence-electron chi connectivity index (χ3n) is 1.21. The van der Waals surface area contributed by atoms with Gasteiger partial charge in [-0.15, -0.1) is 11.6 Å². The van der Waals surface area contributed by atoms with Crippen LogP contribution in [0.5, 0.6) is 0 Å². The first-order valence-corrected chi connectivity index (χ1v) is 3.77. The van der Waals surface area contributed by atoms with Crippen molar-refractivity contribution in [3.63, 3.8) is 0 Å². The fourth-order valence-corrected chi connectivity index (χ4v) is 0.863. The summed E-state index contributed by atoms with van der Waals surface area (Å²) in [7, 11) is 0. The molecule has 0 radical (unpaired) electrons. The molecule has 1 nitrogen and oxygen atoms in total. The maximum atomic E-state index is 5.77. The molecule has 0 saturated heterocycles. The first kappa shape index (κ1) is 7.83. The van der Waals surface area contributed by atoms with Crippen LogP contribution in [0.1, 0.15) is 17.9 Å². The highest BCUT2D eigenvalue weighted by atomic mass is 35.5. The fraction of sp³-hybridized carbons (Fsp3) is 0.286. The zero-order chi connectivity index (χ0) is 7.56. The van der Waals surface area contributed by atoms with Crippen LogP contribution in [-0.2, 0) is 0 Å². The number of nitrogens with zero attached hydrogens (tertiary/aromatic N) is 1. The second kappa shape index (κ2) is 3.22. The van der Waals surface area contributed by atoms with Gasteiger partial charge in [-0.1, -0.05) is 17.7 Å². The summed E-state index contributed by atoms with van der Waals surface area (Å²) in [6.07, 6.45) is 1.68. The van der Waals surface area contributed by atoms with Crippen molar-refractivity contribution in [3.8, 4) is 0 Å². The number of halogens is 2. The minimum Gasteiger partial charge on any atom is -0.244 e. The molecule has 0 aliphatic carbocycles. The summed E-state index contributed by atoms with van der Waals surface area (Å²) in [4.78, 5) is 3.88. The van der Waals surface area contributed by atoms with Gasteiger partial charge in [-0.05, 0) is 18.6 Å². The number of aromatic nitrogens is 1. The Balaban J connectivity index is 2.89. The van der Waals surface area contributed by atoms with Crippen LogP contribution in [0.15, 0.2) is 18.3 Å². The molecule has 1 rings (SSSR count). The van der Waals surface area contributed by atoms with Crippen molar-refractivity contribution in [3.05, 3.63) is 29.0 Å². The van der Waals surface area contributed by atoms with Gasteiger partial charge < -0.3 is 0 Å². The van der Waals surface area contributed by atoms with Crippen LogP contribution in [0.2, 0.25) is 5.15 Å². The van der Waals surface area contributed by atoms with E-state index in [2.05, 4.69) is 4.98 Å². The Morgan fingerprint density at radius 1 is 1.50 bits per heavy atom. The Morgan fingerprint density at radius 3 is 2.60 bits per heavy atom. The highest BCUT2D eigenvalue weighted by Crippen LogP contribution is 2.18. The van der Waals surface area contributed by atoms with Gasteiger partial charge in [-0.3, -0.25) is 0 Å². The molecule has 0 spiro atoms. The lowest BCUT2D eigenvalue weighted by molar-refractivity contribution is 1.06. The Labute approximate surface area is 70.0 Å². The van der Waals surface area contributed by atoms with Gasteiger partial charge in [0.15, 0.2) is 0 Å². The molecule has 0 bridgehead atoms. The quantitative estimate of drug-likeness (QED) is 0.473. The van der Waals surface area contributed by atoms with Crippen LogP contribution in [-0.4, -0.2) is 4.98 Å². The molecule has 1 aromatic heterocycles. The lowest BCUT2D eigenvalue weighted by Crippen LogP contribution is -1.84. The molecule has 10 heavy (non-hydrogen) atoms. The van der Waals surface area contributed by atoms with E-state index >= 15 is 0 Å². The summed E-state index contributed by atoms with van der Waals surface area (Å²) in [5.74, 6) is 0. The molecule has 0 amide bonds. The van der Waals surface area contributed by atoms with Crippen molar-refractivity contribution in [2.24, 2.45) is 0 Å². The van der Waals surface area contributed by atoms with Crippen LogP contribution in [0.4, 0.5) is 0 Å². The molecule has 0 unspecified atom stereocenters. The molecule has 0 N–H and O–H groups in total. The van der Waals surface area contributed by atoms with Crippen molar-refractivity contribution in [2.75, 3.05) is 0 Å². The molecule has 54 valence electrons. The van der Waals surface area contributed by atoms with Crippen LogP contribution in [0.3, 0.4) is 0 Å². The molecular formula is C7H7Cl2N. The minimum atomic E-state index is 0.00441. The number of pyridine rings is 1. The standard InChI is InChI=1S/C7H7Cl2N/c1-5(8)6-2-3-7(9)10-4-6/h2-5H,1H3/t5-/m1/s1. The minimum absolute atomic E-state index is 0.00441. The van der Waals surface area contributed by atoms with E-state index in [0.717, 1.165) is 5.56 Å². The molecule has 0 aliphatic heterocycles. The Bertz CT molecular complexity index is 205. The smallest absolute Gasteiger partial charge is 0.129 e. The summed E-state index contributed by atoms with van der Waals surface area (Å²) >= 11 is 11.3. The third kappa shape index (κ3) is 1.86. The summed E-state index contributed by atoms with van der Waals surface area (Å²) in [6, 6.07) is 3.60. The first-order valence-electron chi connectivity index (χ1n) is 2.95. The van der Waals surface area contributed by atoms with Gasteiger partial charge in [0.05, 0.1) is 5.38 Å². The van der Waals surface area contributed by atoms with Crippen molar-refractivity contribution >= 4 is 23.2 Å². The summed E-state index contributed by atoms with van der Waals surface area (Å²) in [6.45, 7) is 1.90. The third-order valence-corrected chi connectivity index (χ3v) is 1.69. The van der Waals surface area contributed by atoms with Gasteiger partial charge in [0.2, 0.25) is 0 Å². The summed E-state index contributed by atoms with van der Waals surface area (Å²) in [5.41, 5.74) is 0.992. The van der Waals surface area contributed by atoms with Crippen molar-refractivity contribution < 1.29 is 0 Å². The van der Waals surface area contributed by atoms with Crippen LogP contribution in [0.25, 0.3) is 0 Å². The molecule has 1 atom stereocenters. The van der Waals surface area contributed by atoms with E-state index in [0.29, 0.717) is 5.15 Å². The Kier molecular flexibility index (Phi) is 2.52. The van der Waals surface area contributed by atoms with Crippen molar-refractivity contribution in [1.82, 2.24) is 4.98 Å². The number of rotatable bonds is 1. The number of alkyl halides is 1. The monoisotopic (exact) mass is 175 g/mol.